The van der Waals surface area contributed by atoms with Gasteiger partial charge >= 0.3 is 0 Å². The second-order valence-corrected chi connectivity index (χ2v) is 5.90. The third kappa shape index (κ3) is 2.60. The van der Waals surface area contributed by atoms with Crippen molar-refractivity contribution in [1.82, 2.24) is 5.32 Å². The van der Waals surface area contributed by atoms with E-state index in [-0.39, 0.29) is 5.91 Å². The summed E-state index contributed by atoms with van der Waals surface area (Å²) in [6.07, 6.45) is 5.45. The molecular weight excluding hydrogens is 236 g/mol. The number of hydrogen-bond donors (Lipinski definition) is 2. The molecule has 1 aromatic carbocycles. The van der Waals surface area contributed by atoms with E-state index >= 15 is 0 Å². The Labute approximate surface area is 114 Å². The molecule has 2 N–H and O–H groups in total. The smallest absolute Gasteiger partial charge is 0.251 e. The molecule has 2 aliphatic rings. The predicted octanol–water partition coefficient (Wildman–Crippen LogP) is 2.96. The van der Waals surface area contributed by atoms with Gasteiger partial charge in [0.05, 0.1) is 0 Å². The highest BCUT2D eigenvalue weighted by Gasteiger charge is 2.41. The summed E-state index contributed by atoms with van der Waals surface area (Å²) >= 11 is 0. The lowest BCUT2D eigenvalue weighted by molar-refractivity contribution is 0.0962. The maximum absolute atomic E-state index is 11.8. The Kier molecular flexibility index (Phi) is 3.21. The predicted molar refractivity (Wildman–Crippen MR) is 77.4 cm³/mol. The zero-order valence-electron chi connectivity index (χ0n) is 11.7. The van der Waals surface area contributed by atoms with Crippen molar-refractivity contribution in [2.24, 2.45) is 11.8 Å². The van der Waals surface area contributed by atoms with Crippen LogP contribution in [0.25, 0.3) is 0 Å². The van der Waals surface area contributed by atoms with Gasteiger partial charge < -0.3 is 10.6 Å². The molecule has 0 radical (unpaired) electrons. The fourth-order valence-corrected chi connectivity index (χ4v) is 2.88. The van der Waals surface area contributed by atoms with Crippen LogP contribution in [-0.4, -0.2) is 19.0 Å². The van der Waals surface area contributed by atoms with E-state index in [1.54, 1.807) is 7.05 Å². The van der Waals surface area contributed by atoms with E-state index in [1.165, 1.54) is 25.7 Å². The summed E-state index contributed by atoms with van der Waals surface area (Å²) in [5.41, 5.74) is 2.97. The highest BCUT2D eigenvalue weighted by Crippen LogP contribution is 2.46. The van der Waals surface area contributed by atoms with Crippen molar-refractivity contribution in [2.75, 3.05) is 12.4 Å². The van der Waals surface area contributed by atoms with Gasteiger partial charge in [0.25, 0.3) is 5.91 Å². The molecule has 3 heteroatoms. The van der Waals surface area contributed by atoms with Crippen LogP contribution in [0.5, 0.6) is 0 Å². The van der Waals surface area contributed by atoms with E-state index in [1.807, 2.05) is 19.1 Å². The van der Waals surface area contributed by atoms with Crippen LogP contribution < -0.4 is 10.6 Å². The summed E-state index contributed by atoms with van der Waals surface area (Å²) in [5.74, 6) is 1.71. The molecule has 0 spiro atoms. The van der Waals surface area contributed by atoms with Gasteiger partial charge in [-0.25, -0.2) is 0 Å². The van der Waals surface area contributed by atoms with Crippen LogP contribution in [0.3, 0.4) is 0 Å². The number of amides is 1. The fraction of sp³-hybridized carbons (Fsp3) is 0.562. The molecule has 3 nitrogen and oxygen atoms in total. The fourth-order valence-electron chi connectivity index (χ4n) is 2.88. The molecule has 1 amide bonds. The van der Waals surface area contributed by atoms with Gasteiger partial charge in [0, 0.05) is 24.3 Å². The van der Waals surface area contributed by atoms with Crippen LogP contribution in [0.15, 0.2) is 18.2 Å². The number of nitrogens with one attached hydrogen (secondary N) is 2. The van der Waals surface area contributed by atoms with Crippen molar-refractivity contribution in [2.45, 2.75) is 38.6 Å². The molecule has 0 heterocycles. The van der Waals surface area contributed by atoms with E-state index in [2.05, 4.69) is 16.7 Å². The Hall–Kier alpha value is -1.51. The van der Waals surface area contributed by atoms with Gasteiger partial charge in [-0.2, -0.15) is 0 Å². The summed E-state index contributed by atoms with van der Waals surface area (Å²) < 4.78 is 0. The van der Waals surface area contributed by atoms with Gasteiger partial charge in [0.1, 0.15) is 0 Å². The second kappa shape index (κ2) is 4.87. The highest BCUT2D eigenvalue weighted by atomic mass is 16.1. The van der Waals surface area contributed by atoms with Crippen molar-refractivity contribution in [3.8, 4) is 0 Å². The minimum Gasteiger partial charge on any atom is -0.382 e. The second-order valence-electron chi connectivity index (χ2n) is 5.90. The van der Waals surface area contributed by atoms with Crippen LogP contribution in [0.2, 0.25) is 0 Å². The van der Waals surface area contributed by atoms with Crippen molar-refractivity contribution in [3.05, 3.63) is 29.3 Å². The summed E-state index contributed by atoms with van der Waals surface area (Å²) in [6, 6.07) is 6.58. The molecule has 2 aliphatic carbocycles. The molecule has 0 aromatic heterocycles. The SMILES string of the molecule is CNC(=O)c1cccc(NC(C2CC2)C2CC2)c1C. The van der Waals surface area contributed by atoms with E-state index in [0.29, 0.717) is 6.04 Å². The van der Waals surface area contributed by atoms with Gasteiger partial charge in [-0.3, -0.25) is 4.79 Å². The van der Waals surface area contributed by atoms with Crippen molar-refractivity contribution in [1.29, 1.82) is 0 Å². The first-order valence-electron chi connectivity index (χ1n) is 7.29. The molecule has 0 unspecified atom stereocenters. The molecule has 2 fully saturated rings. The van der Waals surface area contributed by atoms with Gasteiger partial charge in [0.2, 0.25) is 0 Å². The normalized spacial score (nSPS) is 18.5. The molecule has 19 heavy (non-hydrogen) atoms. The minimum absolute atomic E-state index is 0.00413. The number of carbonyl (C=O) groups is 1. The Bertz CT molecular complexity index is 478. The molecule has 1 aromatic rings. The summed E-state index contributed by atoms with van der Waals surface area (Å²) in [5, 5.41) is 6.42. The first-order valence-corrected chi connectivity index (χ1v) is 7.29. The Morgan fingerprint density at radius 3 is 2.37 bits per heavy atom. The maximum atomic E-state index is 11.8. The third-order valence-electron chi connectivity index (χ3n) is 4.39. The molecular formula is C16H22N2O. The highest BCUT2D eigenvalue weighted by molar-refractivity contribution is 5.96. The zero-order valence-corrected chi connectivity index (χ0v) is 11.7. The lowest BCUT2D eigenvalue weighted by Gasteiger charge is -2.21. The zero-order chi connectivity index (χ0) is 13.4. The molecule has 102 valence electrons. The van der Waals surface area contributed by atoms with Crippen molar-refractivity contribution >= 4 is 11.6 Å². The minimum atomic E-state index is -0.00413. The number of hydrogen-bond acceptors (Lipinski definition) is 2. The molecule has 2 saturated carbocycles. The maximum Gasteiger partial charge on any atom is 0.251 e. The van der Waals surface area contributed by atoms with Crippen molar-refractivity contribution in [3.63, 3.8) is 0 Å². The summed E-state index contributed by atoms with van der Waals surface area (Å²) in [4.78, 5) is 11.8. The Morgan fingerprint density at radius 1 is 1.21 bits per heavy atom. The van der Waals surface area contributed by atoms with Crippen LogP contribution in [0.4, 0.5) is 5.69 Å². The summed E-state index contributed by atoms with van der Waals surface area (Å²) in [6.45, 7) is 2.03. The largest absolute Gasteiger partial charge is 0.382 e. The Morgan fingerprint density at radius 2 is 1.84 bits per heavy atom. The van der Waals surface area contributed by atoms with Gasteiger partial charge in [0.15, 0.2) is 0 Å². The summed E-state index contributed by atoms with van der Waals surface area (Å²) in [7, 11) is 1.68. The average molecular weight is 258 g/mol. The number of rotatable bonds is 5. The number of carbonyl (C=O) groups excluding carboxylic acids is 1. The van der Waals surface area contributed by atoms with E-state index in [0.717, 1.165) is 28.7 Å². The first-order chi connectivity index (χ1) is 9.20. The molecule has 0 atom stereocenters. The molecule has 0 aliphatic heterocycles. The number of benzene rings is 1. The quantitative estimate of drug-likeness (QED) is 0.852. The van der Waals surface area contributed by atoms with Crippen LogP contribution in [0.1, 0.15) is 41.6 Å². The monoisotopic (exact) mass is 258 g/mol. The van der Waals surface area contributed by atoms with Crippen LogP contribution in [-0.2, 0) is 0 Å². The van der Waals surface area contributed by atoms with Gasteiger partial charge in [-0.1, -0.05) is 6.07 Å². The lowest BCUT2D eigenvalue weighted by atomic mass is 10.0. The third-order valence-corrected chi connectivity index (χ3v) is 4.39. The average Bonchev–Trinajstić information content (AvgIpc) is 3.29. The van der Waals surface area contributed by atoms with Crippen LogP contribution in [0, 0.1) is 18.8 Å². The number of anilines is 1. The van der Waals surface area contributed by atoms with E-state index < -0.39 is 0 Å². The molecule has 0 bridgehead atoms. The molecule has 3 rings (SSSR count). The topological polar surface area (TPSA) is 41.1 Å². The van der Waals surface area contributed by atoms with Crippen LogP contribution >= 0.6 is 0 Å². The first kappa shape index (κ1) is 12.5. The van der Waals surface area contributed by atoms with Crippen molar-refractivity contribution < 1.29 is 4.79 Å². The van der Waals surface area contributed by atoms with E-state index in [9.17, 15) is 4.79 Å². The van der Waals surface area contributed by atoms with E-state index in [4.69, 9.17) is 0 Å². The molecule has 0 saturated heterocycles. The van der Waals surface area contributed by atoms with Gasteiger partial charge in [-0.15, -0.1) is 0 Å². The van der Waals surface area contributed by atoms with Gasteiger partial charge in [-0.05, 0) is 62.1 Å². The Balaban J connectivity index is 1.81. The lowest BCUT2D eigenvalue weighted by Crippen LogP contribution is -2.25. The standard InChI is InChI=1S/C16H22N2O/c1-10-13(16(19)17-2)4-3-5-14(10)18-15(11-6-7-11)12-8-9-12/h3-5,11-12,15,18H,6-9H2,1-2H3,(H,17,19).